The quantitative estimate of drug-likeness (QED) is 0.138. The molecule has 0 bridgehead atoms. The molecular formula is C24H36N4O7S. The maximum atomic E-state index is 12.3. The first-order chi connectivity index (χ1) is 17.5. The number of hydrogen-bond acceptors (Lipinski definition) is 10. The number of aromatic amines is 1. The van der Waals surface area contributed by atoms with Crippen LogP contribution in [0.3, 0.4) is 0 Å². The number of nitrogens with zero attached hydrogens (tertiary/aromatic N) is 1. The summed E-state index contributed by atoms with van der Waals surface area (Å²) < 4.78 is 26.8. The zero-order chi connectivity index (χ0) is 26.0. The minimum atomic E-state index is -0.482. The van der Waals surface area contributed by atoms with Crippen molar-refractivity contribution in [1.29, 1.82) is 0 Å². The van der Waals surface area contributed by atoms with E-state index in [4.69, 9.17) is 29.4 Å². The van der Waals surface area contributed by atoms with Gasteiger partial charge in [0.2, 0.25) is 5.91 Å². The van der Waals surface area contributed by atoms with Gasteiger partial charge in [-0.1, -0.05) is 23.9 Å². The maximum Gasteiger partial charge on any atom is 0.346 e. The molecule has 2 rings (SSSR count). The minimum absolute atomic E-state index is 0.142. The van der Waals surface area contributed by atoms with Gasteiger partial charge in [-0.05, 0) is 24.6 Å². The first-order valence-corrected chi connectivity index (χ1v) is 12.6. The summed E-state index contributed by atoms with van der Waals surface area (Å²) in [4.78, 5) is 31.0. The lowest BCUT2D eigenvalue weighted by Crippen LogP contribution is -2.25. The Hall–Kier alpha value is -2.48. The minimum Gasteiger partial charge on any atom is -0.497 e. The maximum absolute atomic E-state index is 12.3. The number of carbonyl (C=O) groups excluding carboxylic acids is 1. The number of nitrogens with two attached hydrogens (primary N) is 1. The molecule has 1 amide bonds. The molecule has 4 N–H and O–H groups in total. The summed E-state index contributed by atoms with van der Waals surface area (Å²) in [7, 11) is 1.60. The van der Waals surface area contributed by atoms with Crippen molar-refractivity contribution in [2.24, 2.45) is 5.73 Å². The fourth-order valence-corrected chi connectivity index (χ4v) is 3.74. The number of hydrogen-bond donors (Lipinski definition) is 3. The number of amides is 1. The fourth-order valence-electron chi connectivity index (χ4n) is 2.89. The zero-order valence-electron chi connectivity index (χ0n) is 20.9. The third-order valence-corrected chi connectivity index (χ3v) is 5.93. The van der Waals surface area contributed by atoms with Crippen LogP contribution in [-0.2, 0) is 36.9 Å². The average molecular weight is 525 g/mol. The predicted octanol–water partition coefficient (Wildman–Crippen LogP) is 1.02. The smallest absolute Gasteiger partial charge is 0.346 e. The molecule has 0 radical (unpaired) electrons. The molecule has 0 fully saturated rings. The fraction of sp³-hybridized carbons (Fsp3) is 0.542. The molecule has 0 atom stereocenters. The van der Waals surface area contributed by atoms with Crippen molar-refractivity contribution in [3.05, 3.63) is 51.6 Å². The van der Waals surface area contributed by atoms with Gasteiger partial charge in [0.05, 0.1) is 71.4 Å². The van der Waals surface area contributed by atoms with Gasteiger partial charge >= 0.3 is 5.69 Å². The van der Waals surface area contributed by atoms with Crippen LogP contribution in [0.15, 0.2) is 34.1 Å². The van der Waals surface area contributed by atoms with Gasteiger partial charge < -0.3 is 39.7 Å². The van der Waals surface area contributed by atoms with Crippen molar-refractivity contribution in [2.45, 2.75) is 25.1 Å². The lowest BCUT2D eigenvalue weighted by Gasteiger charge is -2.11. The molecule has 12 heteroatoms. The normalized spacial score (nSPS) is 11.0. The van der Waals surface area contributed by atoms with Crippen LogP contribution in [0, 0.1) is 6.92 Å². The molecule has 0 spiro atoms. The number of methoxy groups -OCH3 is 1. The van der Waals surface area contributed by atoms with Crippen LogP contribution in [0.5, 0.6) is 5.75 Å². The number of carbonyl (C=O) groups is 1. The van der Waals surface area contributed by atoms with Gasteiger partial charge in [0.25, 0.3) is 0 Å². The number of ether oxygens (including phenoxy) is 5. The Kier molecular flexibility index (Phi) is 14.8. The Bertz CT molecular complexity index is 956. The number of benzene rings is 1. The molecule has 36 heavy (non-hydrogen) atoms. The first kappa shape index (κ1) is 29.7. The van der Waals surface area contributed by atoms with E-state index >= 15 is 0 Å². The second-order valence-electron chi connectivity index (χ2n) is 7.54. The van der Waals surface area contributed by atoms with E-state index in [0.29, 0.717) is 70.1 Å². The molecular weight excluding hydrogens is 488 g/mol. The summed E-state index contributed by atoms with van der Waals surface area (Å²) in [6.07, 6.45) is 0. The van der Waals surface area contributed by atoms with Crippen LogP contribution < -0.4 is 21.5 Å². The summed E-state index contributed by atoms with van der Waals surface area (Å²) in [5.41, 5.74) is 7.20. The van der Waals surface area contributed by atoms with Crippen LogP contribution in [-0.4, -0.2) is 81.5 Å². The van der Waals surface area contributed by atoms with Crippen molar-refractivity contribution in [1.82, 2.24) is 15.3 Å². The van der Waals surface area contributed by atoms with Crippen LogP contribution >= 0.6 is 11.8 Å². The molecule has 0 aliphatic heterocycles. The molecule has 1 heterocycles. The largest absolute Gasteiger partial charge is 0.497 e. The van der Waals surface area contributed by atoms with E-state index in [1.54, 1.807) is 7.11 Å². The first-order valence-electron chi connectivity index (χ1n) is 11.7. The molecule has 1 aromatic carbocycles. The number of aromatic nitrogens is 2. The van der Waals surface area contributed by atoms with Crippen molar-refractivity contribution in [3.63, 3.8) is 0 Å². The van der Waals surface area contributed by atoms with Crippen molar-refractivity contribution < 1.29 is 28.5 Å². The van der Waals surface area contributed by atoms with Gasteiger partial charge in [0, 0.05) is 18.7 Å². The van der Waals surface area contributed by atoms with Gasteiger partial charge in [-0.25, -0.2) is 4.79 Å². The highest BCUT2D eigenvalue weighted by Crippen LogP contribution is 2.20. The van der Waals surface area contributed by atoms with Crippen LogP contribution in [0.25, 0.3) is 0 Å². The molecule has 0 unspecified atom stereocenters. The van der Waals surface area contributed by atoms with Crippen LogP contribution in [0.2, 0.25) is 0 Å². The Labute approximate surface area is 215 Å². The predicted molar refractivity (Wildman–Crippen MR) is 136 cm³/mol. The third-order valence-electron chi connectivity index (χ3n) is 4.85. The third kappa shape index (κ3) is 12.0. The molecule has 0 saturated carbocycles. The van der Waals surface area contributed by atoms with Gasteiger partial charge in [0.15, 0.2) is 0 Å². The number of nitrogens with one attached hydrogen (secondary N) is 2. The zero-order valence-corrected chi connectivity index (χ0v) is 21.7. The lowest BCUT2D eigenvalue weighted by molar-refractivity contribution is -0.118. The SMILES string of the molecule is COc1ccc(CNC(=O)CSc2nc(=O)[nH]c(COCCOCCOCCOCCN)c2C)cc1. The van der Waals surface area contributed by atoms with Gasteiger partial charge in [-0.3, -0.25) is 4.79 Å². The van der Waals surface area contributed by atoms with E-state index in [1.165, 1.54) is 11.8 Å². The highest BCUT2D eigenvalue weighted by molar-refractivity contribution is 7.99. The van der Waals surface area contributed by atoms with Crippen molar-refractivity contribution in [2.75, 3.05) is 65.7 Å². The Morgan fingerprint density at radius 2 is 1.61 bits per heavy atom. The van der Waals surface area contributed by atoms with E-state index in [-0.39, 0.29) is 18.3 Å². The summed E-state index contributed by atoms with van der Waals surface area (Å²) in [5.74, 6) is 0.747. The monoisotopic (exact) mass is 524 g/mol. The Balaban J connectivity index is 1.65. The van der Waals surface area contributed by atoms with Gasteiger partial charge in [-0.15, -0.1) is 0 Å². The van der Waals surface area contributed by atoms with E-state index in [9.17, 15) is 9.59 Å². The van der Waals surface area contributed by atoms with E-state index in [2.05, 4.69) is 15.3 Å². The molecule has 0 aliphatic carbocycles. The topological polar surface area (TPSA) is 147 Å². The molecule has 11 nitrogen and oxygen atoms in total. The molecule has 1 aromatic heterocycles. The second-order valence-corrected chi connectivity index (χ2v) is 8.51. The molecule has 0 saturated heterocycles. The average Bonchev–Trinajstić information content (AvgIpc) is 2.89. The van der Waals surface area contributed by atoms with E-state index in [1.807, 2.05) is 31.2 Å². The second kappa shape index (κ2) is 17.9. The summed E-state index contributed by atoms with van der Waals surface area (Å²) in [5, 5.41) is 3.36. The van der Waals surface area contributed by atoms with Crippen LogP contribution in [0.4, 0.5) is 0 Å². The molecule has 2 aromatic rings. The Morgan fingerprint density at radius 1 is 1.00 bits per heavy atom. The molecule has 0 aliphatic rings. The van der Waals surface area contributed by atoms with Gasteiger partial charge in [0.1, 0.15) is 10.8 Å². The lowest BCUT2D eigenvalue weighted by atomic mass is 10.2. The summed E-state index contributed by atoms with van der Waals surface area (Å²) >= 11 is 1.21. The van der Waals surface area contributed by atoms with E-state index < -0.39 is 5.69 Å². The highest BCUT2D eigenvalue weighted by Gasteiger charge is 2.12. The number of H-pyrrole nitrogens is 1. The summed E-state index contributed by atoms with van der Waals surface area (Å²) in [6, 6.07) is 7.46. The Morgan fingerprint density at radius 3 is 2.22 bits per heavy atom. The molecule has 200 valence electrons. The number of rotatable bonds is 19. The van der Waals surface area contributed by atoms with E-state index in [0.717, 1.165) is 16.9 Å². The van der Waals surface area contributed by atoms with Crippen molar-refractivity contribution >= 4 is 17.7 Å². The standard InChI is InChI=1S/C24H36N4O7S/c1-18-21(16-35-14-13-34-12-11-33-10-9-32-8-7-25)27-24(30)28-23(18)36-17-22(29)26-15-19-3-5-20(31-2)6-4-19/h3-6H,7-17,25H2,1-2H3,(H,26,29)(H,27,28,30). The van der Waals surface area contributed by atoms with Crippen LogP contribution in [0.1, 0.15) is 16.8 Å². The van der Waals surface area contributed by atoms with Crippen molar-refractivity contribution in [3.8, 4) is 5.75 Å². The van der Waals surface area contributed by atoms with Gasteiger partial charge in [-0.2, -0.15) is 4.98 Å². The number of thioether (sulfide) groups is 1. The summed E-state index contributed by atoms with van der Waals surface area (Å²) in [6.45, 7) is 6.17. The highest BCUT2D eigenvalue weighted by atomic mass is 32.2.